The summed E-state index contributed by atoms with van der Waals surface area (Å²) in [6, 6.07) is 13.8. The van der Waals surface area contributed by atoms with Gasteiger partial charge in [-0.15, -0.1) is 0 Å². The Morgan fingerprint density at radius 1 is 1.37 bits per heavy atom. The molecule has 0 aliphatic carbocycles. The number of nitriles is 1. The van der Waals surface area contributed by atoms with Crippen LogP contribution in [-0.2, 0) is 26.3 Å². The molecular formula is C20H21N5O5. The Hall–Kier alpha value is -3.52. The molecule has 2 heterocycles. The molecule has 3 rings (SSSR count). The highest BCUT2D eigenvalue weighted by Gasteiger charge is 2.57. The topological polar surface area (TPSA) is 178 Å². The second-order valence-corrected chi connectivity index (χ2v) is 6.71. The molecule has 0 unspecified atom stereocenters. The van der Waals surface area contributed by atoms with E-state index in [1.807, 2.05) is 12.1 Å². The van der Waals surface area contributed by atoms with Crippen LogP contribution in [0.25, 0.3) is 0 Å². The number of aliphatic hydroxyl groups excluding tert-OH is 2. The summed E-state index contributed by atoms with van der Waals surface area (Å²) in [6.45, 7) is -0.335. The minimum Gasteiger partial charge on any atom is -0.463 e. The zero-order valence-electron chi connectivity index (χ0n) is 15.9. The largest absolute Gasteiger partial charge is 0.463 e. The van der Waals surface area contributed by atoms with Crippen LogP contribution in [0.15, 0.2) is 47.5 Å². The number of hydrogen-bond donors (Lipinski definition) is 5. The number of aromatic amines is 1. The normalized spacial score (nSPS) is 26.2. The van der Waals surface area contributed by atoms with E-state index in [0.717, 1.165) is 11.9 Å². The molecule has 4 atom stereocenters. The SMILES string of the molecule is N#C[C@@]1(c2ccc(C(N)=NC=N)[nH]2)O[C@H](COC(=O)Cc2ccccc2)[C@@H](O)[C@H]1O. The minimum atomic E-state index is -1.92. The van der Waals surface area contributed by atoms with Gasteiger partial charge >= 0.3 is 5.97 Å². The van der Waals surface area contributed by atoms with Gasteiger partial charge in [0.25, 0.3) is 0 Å². The highest BCUT2D eigenvalue weighted by atomic mass is 16.6. The Labute approximate surface area is 172 Å². The van der Waals surface area contributed by atoms with Gasteiger partial charge < -0.3 is 30.4 Å². The number of nitrogens with one attached hydrogen (secondary N) is 2. The predicted molar refractivity (Wildman–Crippen MR) is 106 cm³/mol. The van der Waals surface area contributed by atoms with Crippen LogP contribution in [0.2, 0.25) is 0 Å². The highest BCUT2D eigenvalue weighted by molar-refractivity contribution is 5.99. The number of amidine groups is 1. The number of aliphatic hydroxyl groups is 2. The van der Waals surface area contributed by atoms with E-state index in [0.29, 0.717) is 5.69 Å². The molecule has 0 radical (unpaired) electrons. The molecule has 30 heavy (non-hydrogen) atoms. The van der Waals surface area contributed by atoms with E-state index in [9.17, 15) is 20.3 Å². The summed E-state index contributed by atoms with van der Waals surface area (Å²) in [5.41, 5.74) is 5.02. The lowest BCUT2D eigenvalue weighted by molar-refractivity contribution is -0.149. The molecule has 0 spiro atoms. The van der Waals surface area contributed by atoms with Crippen LogP contribution in [0.1, 0.15) is 17.0 Å². The Balaban J connectivity index is 1.71. The molecule has 2 aromatic rings. The minimum absolute atomic E-state index is 0.00349. The number of hydrogen-bond acceptors (Lipinski definition) is 7. The summed E-state index contributed by atoms with van der Waals surface area (Å²) >= 11 is 0. The smallest absolute Gasteiger partial charge is 0.310 e. The number of nitrogens with zero attached hydrogens (tertiary/aromatic N) is 2. The monoisotopic (exact) mass is 411 g/mol. The fourth-order valence-corrected chi connectivity index (χ4v) is 3.22. The third-order valence-corrected chi connectivity index (χ3v) is 4.79. The molecule has 1 aliphatic rings. The lowest BCUT2D eigenvalue weighted by Crippen LogP contribution is -2.40. The highest BCUT2D eigenvalue weighted by Crippen LogP contribution is 2.39. The van der Waals surface area contributed by atoms with Crippen molar-refractivity contribution >= 4 is 18.1 Å². The molecule has 1 aromatic heterocycles. The molecule has 1 fully saturated rings. The predicted octanol–water partition coefficient (Wildman–Crippen LogP) is -0.0476. The van der Waals surface area contributed by atoms with Crippen molar-refractivity contribution in [2.75, 3.05) is 6.61 Å². The van der Waals surface area contributed by atoms with Gasteiger partial charge in [0.15, 0.2) is 0 Å². The van der Waals surface area contributed by atoms with Crippen LogP contribution in [0.3, 0.4) is 0 Å². The van der Waals surface area contributed by atoms with E-state index in [1.54, 1.807) is 24.3 Å². The van der Waals surface area contributed by atoms with E-state index in [4.69, 9.17) is 20.6 Å². The Kier molecular flexibility index (Phi) is 6.27. The molecule has 10 heteroatoms. The van der Waals surface area contributed by atoms with Crippen LogP contribution in [0, 0.1) is 16.7 Å². The van der Waals surface area contributed by atoms with Crippen molar-refractivity contribution in [1.29, 1.82) is 10.7 Å². The number of rotatable bonds is 7. The number of aliphatic imine (C=N–C) groups is 1. The molecule has 1 saturated heterocycles. The van der Waals surface area contributed by atoms with Crippen LogP contribution in [0.4, 0.5) is 0 Å². The van der Waals surface area contributed by atoms with Crippen molar-refractivity contribution in [2.45, 2.75) is 30.3 Å². The first-order chi connectivity index (χ1) is 14.4. The van der Waals surface area contributed by atoms with Crippen LogP contribution >= 0.6 is 0 Å². The Morgan fingerprint density at radius 3 is 2.77 bits per heavy atom. The van der Waals surface area contributed by atoms with Crippen molar-refractivity contribution in [3.05, 3.63) is 59.4 Å². The lowest BCUT2D eigenvalue weighted by atomic mass is 9.93. The number of ether oxygens (including phenoxy) is 2. The van der Waals surface area contributed by atoms with Crippen LogP contribution in [0.5, 0.6) is 0 Å². The molecule has 10 nitrogen and oxygen atoms in total. The maximum Gasteiger partial charge on any atom is 0.310 e. The number of nitrogens with two attached hydrogens (primary N) is 1. The lowest BCUT2D eigenvalue weighted by Gasteiger charge is -2.23. The molecule has 1 aliphatic heterocycles. The van der Waals surface area contributed by atoms with Crippen molar-refractivity contribution < 1.29 is 24.5 Å². The molecule has 0 bridgehead atoms. The van der Waals surface area contributed by atoms with E-state index < -0.39 is 29.9 Å². The molecule has 156 valence electrons. The quantitative estimate of drug-likeness (QED) is 0.241. The molecular weight excluding hydrogens is 390 g/mol. The van der Waals surface area contributed by atoms with Gasteiger partial charge in [-0.2, -0.15) is 5.26 Å². The van der Waals surface area contributed by atoms with Crippen molar-refractivity contribution in [3.63, 3.8) is 0 Å². The number of esters is 1. The number of benzene rings is 1. The molecule has 0 amide bonds. The van der Waals surface area contributed by atoms with Gasteiger partial charge in [0, 0.05) is 0 Å². The first-order valence-electron chi connectivity index (χ1n) is 9.08. The van der Waals surface area contributed by atoms with Crippen LogP contribution < -0.4 is 5.73 Å². The van der Waals surface area contributed by atoms with Gasteiger partial charge in [0.05, 0.1) is 17.8 Å². The van der Waals surface area contributed by atoms with Crippen molar-refractivity contribution in [2.24, 2.45) is 10.7 Å². The summed E-state index contributed by atoms with van der Waals surface area (Å²) in [4.78, 5) is 18.5. The van der Waals surface area contributed by atoms with E-state index in [-0.39, 0.29) is 24.6 Å². The van der Waals surface area contributed by atoms with Gasteiger partial charge in [-0.1, -0.05) is 30.3 Å². The number of H-pyrrole nitrogens is 1. The van der Waals surface area contributed by atoms with Crippen molar-refractivity contribution in [3.8, 4) is 6.07 Å². The Bertz CT molecular complexity index is 983. The maximum absolute atomic E-state index is 12.1. The second-order valence-electron chi connectivity index (χ2n) is 6.71. The maximum atomic E-state index is 12.1. The van der Waals surface area contributed by atoms with E-state index >= 15 is 0 Å². The summed E-state index contributed by atoms with van der Waals surface area (Å²) in [6.07, 6.45) is -3.37. The van der Waals surface area contributed by atoms with E-state index in [2.05, 4.69) is 9.98 Å². The van der Waals surface area contributed by atoms with E-state index in [1.165, 1.54) is 12.1 Å². The second kappa shape index (κ2) is 8.87. The summed E-state index contributed by atoms with van der Waals surface area (Å²) in [5.74, 6) is -0.525. The zero-order chi connectivity index (χ0) is 21.7. The Morgan fingerprint density at radius 2 is 2.10 bits per heavy atom. The van der Waals surface area contributed by atoms with Crippen LogP contribution in [-0.4, -0.2) is 58.3 Å². The summed E-state index contributed by atoms with van der Waals surface area (Å²) in [5, 5.41) is 37.6. The number of aromatic nitrogens is 1. The summed E-state index contributed by atoms with van der Waals surface area (Å²) < 4.78 is 10.8. The van der Waals surface area contributed by atoms with Gasteiger partial charge in [0.2, 0.25) is 5.60 Å². The standard InChI is InChI=1S/C20H21N5O5/c21-10-20(15-7-6-13(25-15)19(23)24-11-22)18(28)17(27)14(30-20)9-29-16(26)8-12-4-2-1-3-5-12/h1-7,11,14,17-18,25,27-28H,8-9H2,(H3,22,23,24)/t14-,17-,18-,20+/m1/s1. The third kappa shape index (κ3) is 4.08. The van der Waals surface area contributed by atoms with Gasteiger partial charge in [0.1, 0.15) is 43.2 Å². The first-order valence-corrected chi connectivity index (χ1v) is 9.08. The van der Waals surface area contributed by atoms with Gasteiger partial charge in [-0.3, -0.25) is 10.2 Å². The first kappa shape index (κ1) is 21.2. The summed E-state index contributed by atoms with van der Waals surface area (Å²) in [7, 11) is 0. The average molecular weight is 411 g/mol. The molecule has 6 N–H and O–H groups in total. The van der Waals surface area contributed by atoms with Crippen molar-refractivity contribution in [1.82, 2.24) is 4.98 Å². The number of carbonyl (C=O) groups is 1. The van der Waals surface area contributed by atoms with Gasteiger partial charge in [-0.25, -0.2) is 4.99 Å². The fraction of sp³-hybridized carbons (Fsp3) is 0.300. The zero-order valence-corrected chi connectivity index (χ0v) is 15.9. The molecule has 0 saturated carbocycles. The fourth-order valence-electron chi connectivity index (χ4n) is 3.22. The van der Waals surface area contributed by atoms with Gasteiger partial charge in [-0.05, 0) is 17.7 Å². The average Bonchev–Trinajstić information content (AvgIpc) is 3.33. The molecule has 1 aromatic carbocycles. The number of carbonyl (C=O) groups excluding carboxylic acids is 1. The third-order valence-electron chi connectivity index (χ3n) is 4.79.